The zero-order chi connectivity index (χ0) is 39.7. The lowest BCUT2D eigenvalue weighted by molar-refractivity contribution is 1.17. The maximum absolute atomic E-state index is 10.0. The van der Waals surface area contributed by atoms with Crippen molar-refractivity contribution in [3.63, 3.8) is 0 Å². The Hall–Kier alpha value is -7.03. The summed E-state index contributed by atoms with van der Waals surface area (Å²) < 4.78 is 2.34. The summed E-state index contributed by atoms with van der Waals surface area (Å²) in [5.41, 5.74) is 3.79. The highest BCUT2D eigenvalue weighted by molar-refractivity contribution is 8.34. The van der Waals surface area contributed by atoms with E-state index in [2.05, 4.69) is 235 Å². The molecule has 0 atom stereocenters. The number of fused-ring (bicyclic) bond motifs is 3. The van der Waals surface area contributed by atoms with Crippen LogP contribution in [0.4, 0.5) is 0 Å². The van der Waals surface area contributed by atoms with Gasteiger partial charge in [0.1, 0.15) is 0 Å². The van der Waals surface area contributed by atoms with Crippen LogP contribution in [0.3, 0.4) is 0 Å². The van der Waals surface area contributed by atoms with E-state index >= 15 is 0 Å². The van der Waals surface area contributed by atoms with Gasteiger partial charge in [0.15, 0.2) is 0 Å². The van der Waals surface area contributed by atoms with Crippen molar-refractivity contribution in [2.24, 2.45) is 0 Å². The monoisotopic (exact) mass is 792 g/mol. The van der Waals surface area contributed by atoms with E-state index < -0.39 is 20.1 Å². The Morgan fingerprint density at radius 1 is 0.305 bits per heavy atom. The van der Waals surface area contributed by atoms with Crippen molar-refractivity contribution in [2.75, 3.05) is 0 Å². The number of hydrogen-bond donors (Lipinski definition) is 0. The minimum absolute atomic E-state index is 0.632. The smallest absolute Gasteiger partial charge is 0.0992 e. The van der Waals surface area contributed by atoms with Crippen molar-refractivity contribution in [1.29, 1.82) is 5.26 Å². The van der Waals surface area contributed by atoms with Crippen molar-refractivity contribution >= 4 is 41.9 Å². The Balaban J connectivity index is 1.35. The van der Waals surface area contributed by atoms with E-state index in [0.29, 0.717) is 5.56 Å². The average molecular weight is 793 g/mol. The SMILES string of the molecule is N#Cc1cccc(-n2c3ccc(S(c4ccccc4)(c4ccccc4)c4ccccc4)cc3c3cc(S(c4ccccc4)(c4ccccc4)c4ccccc4)ccc32)c1. The summed E-state index contributed by atoms with van der Waals surface area (Å²) in [4.78, 5) is 10.2. The fourth-order valence-corrected chi connectivity index (χ4v) is 16.5. The molecule has 1 heterocycles. The van der Waals surface area contributed by atoms with E-state index in [-0.39, 0.29) is 0 Å². The fraction of sp³-hybridized carbons (Fsp3) is 0. The Labute approximate surface area is 348 Å². The second kappa shape index (κ2) is 15.4. The average Bonchev–Trinajstić information content (AvgIpc) is 3.65. The molecule has 0 N–H and O–H groups in total. The van der Waals surface area contributed by atoms with Crippen LogP contribution in [0, 0.1) is 11.3 Å². The van der Waals surface area contributed by atoms with Crippen LogP contribution in [0.1, 0.15) is 5.56 Å². The van der Waals surface area contributed by atoms with Crippen LogP contribution in [-0.4, -0.2) is 4.57 Å². The molecule has 2 nitrogen and oxygen atoms in total. The summed E-state index contributed by atoms with van der Waals surface area (Å²) in [6.07, 6.45) is 0. The van der Waals surface area contributed by atoms with E-state index in [1.165, 1.54) is 49.9 Å². The van der Waals surface area contributed by atoms with Crippen LogP contribution < -0.4 is 0 Å². The lowest BCUT2D eigenvalue weighted by atomic mass is 10.1. The van der Waals surface area contributed by atoms with Gasteiger partial charge in [0.2, 0.25) is 0 Å². The van der Waals surface area contributed by atoms with Crippen molar-refractivity contribution in [3.8, 4) is 11.8 Å². The third kappa shape index (κ3) is 5.98. The van der Waals surface area contributed by atoms with Gasteiger partial charge in [0.05, 0.1) is 22.7 Å². The molecule has 0 bridgehead atoms. The fourth-order valence-electron chi connectivity index (χ4n) is 8.74. The minimum atomic E-state index is -1.95. The quantitative estimate of drug-likeness (QED) is 0.143. The van der Waals surface area contributed by atoms with Crippen LogP contribution in [0.15, 0.2) is 282 Å². The Kier molecular flexibility index (Phi) is 9.47. The maximum Gasteiger partial charge on any atom is 0.0992 e. The zero-order valence-electron chi connectivity index (χ0n) is 32.3. The molecule has 4 heteroatoms. The first-order valence-corrected chi connectivity index (χ1v) is 23.1. The minimum Gasteiger partial charge on any atom is -0.309 e. The molecule has 9 aromatic carbocycles. The molecule has 59 heavy (non-hydrogen) atoms. The van der Waals surface area contributed by atoms with Crippen molar-refractivity contribution < 1.29 is 0 Å². The van der Waals surface area contributed by atoms with Gasteiger partial charge in [-0.3, -0.25) is 0 Å². The van der Waals surface area contributed by atoms with E-state index in [9.17, 15) is 5.26 Å². The van der Waals surface area contributed by atoms with Crippen LogP contribution in [0.5, 0.6) is 0 Å². The summed E-state index contributed by atoms with van der Waals surface area (Å²) >= 11 is 0. The normalized spacial score (nSPS) is 12.3. The first-order chi connectivity index (χ1) is 29.2. The standard InChI is InChI=1S/C55H40N2S2/c56-41-42-20-19-21-43(38-42)57-54-36-34-50(58(44-22-7-1-8-23-44,45-24-9-2-10-25-45)46-26-11-3-12-27-46)39-52(54)53-40-51(35-37-55(53)57)59(47-28-13-4-14-29-47,48-30-15-5-16-31-48)49-32-17-6-18-33-49/h1-40H. The molecular weight excluding hydrogens is 753 g/mol. The van der Waals surface area contributed by atoms with Crippen LogP contribution in [0.2, 0.25) is 0 Å². The first kappa shape index (κ1) is 36.3. The molecule has 0 spiro atoms. The number of benzene rings is 9. The molecular formula is C55H40N2S2. The van der Waals surface area contributed by atoms with Gasteiger partial charge < -0.3 is 4.57 Å². The summed E-state index contributed by atoms with van der Waals surface area (Å²) in [6.45, 7) is 0. The molecule has 0 saturated carbocycles. The predicted octanol–water partition coefficient (Wildman–Crippen LogP) is 15.3. The second-order valence-electron chi connectivity index (χ2n) is 14.5. The number of rotatable bonds is 9. The molecule has 0 radical (unpaired) electrons. The number of nitriles is 1. The molecule has 0 unspecified atom stereocenters. The molecule has 1 aromatic heterocycles. The van der Waals surface area contributed by atoms with E-state index in [1.54, 1.807) is 0 Å². The summed E-state index contributed by atoms with van der Waals surface area (Å²) in [7, 11) is -3.90. The Morgan fingerprint density at radius 3 is 0.932 bits per heavy atom. The third-order valence-electron chi connectivity index (χ3n) is 11.2. The number of nitrogens with zero attached hydrogens (tertiary/aromatic N) is 2. The summed E-state index contributed by atoms with van der Waals surface area (Å²) in [6, 6.07) is 90.9. The highest BCUT2D eigenvalue weighted by Gasteiger charge is 2.36. The van der Waals surface area contributed by atoms with Crippen molar-refractivity contribution in [2.45, 2.75) is 39.2 Å². The predicted molar refractivity (Wildman–Crippen MR) is 245 cm³/mol. The van der Waals surface area contributed by atoms with Gasteiger partial charge in [0.25, 0.3) is 0 Å². The largest absolute Gasteiger partial charge is 0.309 e. The number of hydrogen-bond acceptors (Lipinski definition) is 1. The molecule has 0 aliphatic carbocycles. The molecule has 0 aliphatic heterocycles. The summed E-state index contributed by atoms with van der Waals surface area (Å²) in [5.74, 6) is 0. The Morgan fingerprint density at radius 2 is 0.627 bits per heavy atom. The lowest BCUT2D eigenvalue weighted by Crippen LogP contribution is -2.05. The topological polar surface area (TPSA) is 28.7 Å². The van der Waals surface area contributed by atoms with E-state index in [0.717, 1.165) is 16.7 Å². The van der Waals surface area contributed by atoms with E-state index in [1.807, 2.05) is 18.2 Å². The highest BCUT2D eigenvalue weighted by Crippen LogP contribution is 2.75. The van der Waals surface area contributed by atoms with Crippen LogP contribution in [0.25, 0.3) is 27.5 Å². The van der Waals surface area contributed by atoms with Gasteiger partial charge in [-0.25, -0.2) is 0 Å². The van der Waals surface area contributed by atoms with E-state index in [4.69, 9.17) is 0 Å². The van der Waals surface area contributed by atoms with Gasteiger partial charge in [-0.15, -0.1) is 20.1 Å². The van der Waals surface area contributed by atoms with Gasteiger partial charge in [0, 0.05) is 55.6 Å². The molecule has 10 aromatic rings. The molecule has 0 aliphatic rings. The Bertz CT molecular complexity index is 2710. The molecule has 282 valence electrons. The summed E-state index contributed by atoms with van der Waals surface area (Å²) in [5, 5.41) is 12.4. The highest BCUT2D eigenvalue weighted by atomic mass is 32.3. The molecule has 10 rings (SSSR count). The van der Waals surface area contributed by atoms with Gasteiger partial charge in [-0.1, -0.05) is 115 Å². The molecule has 0 fully saturated rings. The molecule has 0 saturated heterocycles. The van der Waals surface area contributed by atoms with Gasteiger partial charge in [-0.05, 0) is 127 Å². The first-order valence-electron chi connectivity index (χ1n) is 19.8. The zero-order valence-corrected chi connectivity index (χ0v) is 33.9. The van der Waals surface area contributed by atoms with Crippen LogP contribution >= 0.6 is 20.1 Å². The van der Waals surface area contributed by atoms with Crippen LogP contribution in [-0.2, 0) is 0 Å². The van der Waals surface area contributed by atoms with Gasteiger partial charge >= 0.3 is 0 Å². The number of aromatic nitrogens is 1. The molecule has 0 amide bonds. The maximum atomic E-state index is 10.0. The third-order valence-corrected chi connectivity index (χ3v) is 19.0. The van der Waals surface area contributed by atoms with Crippen molar-refractivity contribution in [1.82, 2.24) is 4.57 Å². The second-order valence-corrected chi connectivity index (χ2v) is 20.7. The van der Waals surface area contributed by atoms with Crippen molar-refractivity contribution in [3.05, 3.63) is 248 Å². The van der Waals surface area contributed by atoms with Gasteiger partial charge in [-0.2, -0.15) is 5.26 Å². The lowest BCUT2D eigenvalue weighted by Gasteiger charge is -2.42.